The first kappa shape index (κ1) is 30.6. The molecular formula is C50H34N4. The van der Waals surface area contributed by atoms with E-state index in [9.17, 15) is 0 Å². The lowest BCUT2D eigenvalue weighted by Gasteiger charge is -2.16. The van der Waals surface area contributed by atoms with E-state index in [1.807, 2.05) is 0 Å². The second kappa shape index (κ2) is 11.7. The van der Waals surface area contributed by atoms with Crippen LogP contribution in [0.5, 0.6) is 0 Å². The molecule has 0 N–H and O–H groups in total. The van der Waals surface area contributed by atoms with Gasteiger partial charge in [0.05, 0.1) is 33.3 Å². The molecule has 254 valence electrons. The second-order valence-corrected chi connectivity index (χ2v) is 14.3. The SMILES string of the molecule is Cc1cc(-c2nc(-n3c4ccccc4c4c5ccccc5ccc43)nc3ccccc23)c(C)cc1-c1ccc2c(c1)c1ccccc1n2-c1ccccc1. The van der Waals surface area contributed by atoms with Gasteiger partial charge < -0.3 is 4.57 Å². The van der Waals surface area contributed by atoms with Crippen molar-refractivity contribution in [2.24, 2.45) is 0 Å². The van der Waals surface area contributed by atoms with Crippen molar-refractivity contribution in [1.29, 1.82) is 0 Å². The number of hydrogen-bond acceptors (Lipinski definition) is 2. The summed E-state index contributed by atoms with van der Waals surface area (Å²) in [6, 6.07) is 61.0. The Morgan fingerprint density at radius 2 is 1.02 bits per heavy atom. The number of hydrogen-bond donors (Lipinski definition) is 0. The zero-order valence-corrected chi connectivity index (χ0v) is 30.0. The molecule has 4 nitrogen and oxygen atoms in total. The number of nitrogens with zero attached hydrogens (tertiary/aromatic N) is 4. The molecule has 0 amide bonds. The van der Waals surface area contributed by atoms with Gasteiger partial charge in [-0.15, -0.1) is 0 Å². The van der Waals surface area contributed by atoms with Gasteiger partial charge in [-0.25, -0.2) is 9.97 Å². The van der Waals surface area contributed by atoms with E-state index in [1.165, 1.54) is 71.3 Å². The van der Waals surface area contributed by atoms with Gasteiger partial charge in [0, 0.05) is 38.2 Å². The number of aryl methyl sites for hydroxylation is 2. The zero-order chi connectivity index (χ0) is 35.9. The van der Waals surface area contributed by atoms with Gasteiger partial charge in [0.25, 0.3) is 0 Å². The summed E-state index contributed by atoms with van der Waals surface area (Å²) in [4.78, 5) is 10.7. The quantitative estimate of drug-likeness (QED) is 0.184. The minimum atomic E-state index is 0.673. The van der Waals surface area contributed by atoms with E-state index in [0.717, 1.165) is 33.2 Å². The van der Waals surface area contributed by atoms with Crippen molar-refractivity contribution in [1.82, 2.24) is 19.1 Å². The van der Waals surface area contributed by atoms with E-state index in [4.69, 9.17) is 9.97 Å². The van der Waals surface area contributed by atoms with Crippen LogP contribution in [-0.2, 0) is 0 Å². The van der Waals surface area contributed by atoms with Crippen LogP contribution in [0.15, 0.2) is 170 Å². The molecule has 8 aromatic carbocycles. The smallest absolute Gasteiger partial charge is 0.235 e. The van der Waals surface area contributed by atoms with Gasteiger partial charge in [-0.3, -0.25) is 4.57 Å². The van der Waals surface area contributed by atoms with Gasteiger partial charge in [0.1, 0.15) is 0 Å². The lowest BCUT2D eigenvalue weighted by atomic mass is 9.92. The second-order valence-electron chi connectivity index (χ2n) is 14.3. The van der Waals surface area contributed by atoms with Gasteiger partial charge in [0.2, 0.25) is 5.95 Å². The summed E-state index contributed by atoms with van der Waals surface area (Å²) in [5.41, 5.74) is 13.6. The van der Waals surface area contributed by atoms with Crippen LogP contribution >= 0.6 is 0 Å². The van der Waals surface area contributed by atoms with Crippen molar-refractivity contribution in [2.75, 3.05) is 0 Å². The Morgan fingerprint density at radius 1 is 0.407 bits per heavy atom. The summed E-state index contributed by atoms with van der Waals surface area (Å²) < 4.78 is 4.61. The maximum absolute atomic E-state index is 5.45. The Kier molecular flexibility index (Phi) is 6.65. The minimum Gasteiger partial charge on any atom is -0.309 e. The third-order valence-electron chi connectivity index (χ3n) is 11.2. The summed E-state index contributed by atoms with van der Waals surface area (Å²) in [7, 11) is 0. The van der Waals surface area contributed by atoms with Gasteiger partial charge in [-0.2, -0.15) is 0 Å². The minimum absolute atomic E-state index is 0.673. The molecule has 0 spiro atoms. The van der Waals surface area contributed by atoms with Crippen LogP contribution in [0.1, 0.15) is 11.1 Å². The fourth-order valence-electron chi connectivity index (χ4n) is 8.70. The van der Waals surface area contributed by atoms with Crippen LogP contribution in [0, 0.1) is 13.8 Å². The van der Waals surface area contributed by atoms with Crippen molar-refractivity contribution >= 4 is 65.3 Å². The molecule has 0 aliphatic heterocycles. The molecule has 0 bridgehead atoms. The topological polar surface area (TPSA) is 35.6 Å². The standard InChI is InChI=1S/C50H34N4/c1-31-29-41(32(2)28-40(31)34-25-26-46-42(30-34)37-18-9-12-22-44(37)53(46)35-15-4-3-5-16-35)49-38-19-8-11-21-43(38)51-50(52-49)54-45-23-13-10-20-39(45)48-36-17-7-6-14-33(36)24-27-47(48)54/h3-30H,1-2H3. The van der Waals surface area contributed by atoms with Crippen LogP contribution in [0.2, 0.25) is 0 Å². The van der Waals surface area contributed by atoms with Crippen molar-refractivity contribution in [3.63, 3.8) is 0 Å². The lowest BCUT2D eigenvalue weighted by molar-refractivity contribution is 1.01. The molecule has 0 aliphatic carbocycles. The predicted octanol–water partition coefficient (Wildman–Crippen LogP) is 12.9. The zero-order valence-electron chi connectivity index (χ0n) is 30.0. The van der Waals surface area contributed by atoms with Crippen LogP contribution < -0.4 is 0 Å². The van der Waals surface area contributed by atoms with Gasteiger partial charge in [-0.1, -0.05) is 115 Å². The summed E-state index contributed by atoms with van der Waals surface area (Å²) in [6.07, 6.45) is 0. The van der Waals surface area contributed by atoms with E-state index in [0.29, 0.717) is 5.95 Å². The van der Waals surface area contributed by atoms with Gasteiger partial charge >= 0.3 is 0 Å². The molecule has 4 heteroatoms. The molecule has 0 saturated heterocycles. The average Bonchev–Trinajstić information content (AvgIpc) is 3.74. The van der Waals surface area contributed by atoms with Crippen LogP contribution in [-0.4, -0.2) is 19.1 Å². The number of aromatic nitrogens is 4. The molecular weight excluding hydrogens is 657 g/mol. The lowest BCUT2D eigenvalue weighted by Crippen LogP contribution is -2.04. The van der Waals surface area contributed by atoms with E-state index in [1.54, 1.807) is 0 Å². The van der Waals surface area contributed by atoms with E-state index < -0.39 is 0 Å². The highest BCUT2D eigenvalue weighted by Crippen LogP contribution is 2.40. The van der Waals surface area contributed by atoms with Crippen molar-refractivity contribution < 1.29 is 0 Å². The van der Waals surface area contributed by atoms with E-state index in [-0.39, 0.29) is 0 Å². The molecule has 0 aliphatic rings. The summed E-state index contributed by atoms with van der Waals surface area (Å²) in [6.45, 7) is 4.43. The van der Waals surface area contributed by atoms with Crippen molar-refractivity contribution in [2.45, 2.75) is 13.8 Å². The normalized spacial score (nSPS) is 11.9. The molecule has 11 aromatic rings. The highest BCUT2D eigenvalue weighted by atomic mass is 15.2. The van der Waals surface area contributed by atoms with Gasteiger partial charge in [0.15, 0.2) is 0 Å². The highest BCUT2D eigenvalue weighted by Gasteiger charge is 2.20. The third-order valence-corrected chi connectivity index (χ3v) is 11.2. The van der Waals surface area contributed by atoms with Crippen LogP contribution in [0.3, 0.4) is 0 Å². The number of para-hydroxylation sites is 4. The molecule has 0 fully saturated rings. The first-order valence-electron chi connectivity index (χ1n) is 18.5. The van der Waals surface area contributed by atoms with Crippen molar-refractivity contribution in [3.8, 4) is 34.0 Å². The van der Waals surface area contributed by atoms with Gasteiger partial charge in [-0.05, 0) is 101 Å². The third kappa shape index (κ3) is 4.50. The highest BCUT2D eigenvalue weighted by molar-refractivity contribution is 6.21. The number of benzene rings is 8. The van der Waals surface area contributed by atoms with Crippen LogP contribution in [0.25, 0.3) is 99.3 Å². The largest absolute Gasteiger partial charge is 0.309 e. The molecule has 0 unspecified atom stereocenters. The summed E-state index contributed by atoms with van der Waals surface area (Å²) >= 11 is 0. The van der Waals surface area contributed by atoms with Crippen LogP contribution in [0.4, 0.5) is 0 Å². The Morgan fingerprint density at radius 3 is 1.85 bits per heavy atom. The monoisotopic (exact) mass is 690 g/mol. The molecule has 3 aromatic heterocycles. The molecule has 0 radical (unpaired) electrons. The molecule has 0 saturated carbocycles. The molecule has 0 atom stereocenters. The predicted molar refractivity (Wildman–Crippen MR) is 226 cm³/mol. The molecule has 11 rings (SSSR count). The Labute approximate surface area is 312 Å². The first-order chi connectivity index (χ1) is 26.6. The average molecular weight is 691 g/mol. The first-order valence-corrected chi connectivity index (χ1v) is 18.5. The maximum atomic E-state index is 5.45. The Hall–Kier alpha value is -7.04. The number of fused-ring (bicyclic) bond motifs is 9. The fourth-order valence-corrected chi connectivity index (χ4v) is 8.70. The van der Waals surface area contributed by atoms with E-state index >= 15 is 0 Å². The number of rotatable bonds is 4. The maximum Gasteiger partial charge on any atom is 0.235 e. The van der Waals surface area contributed by atoms with E-state index in [2.05, 4.69) is 193 Å². The van der Waals surface area contributed by atoms with Crippen molar-refractivity contribution in [3.05, 3.63) is 181 Å². The Balaban J connectivity index is 1.10. The Bertz CT molecular complexity index is 3290. The summed E-state index contributed by atoms with van der Waals surface area (Å²) in [5.74, 6) is 0.673. The molecule has 54 heavy (non-hydrogen) atoms. The summed E-state index contributed by atoms with van der Waals surface area (Å²) in [5, 5.41) is 8.42. The fraction of sp³-hybridized carbons (Fsp3) is 0.0400. The molecule has 3 heterocycles.